The first-order valence-corrected chi connectivity index (χ1v) is 11.6. The van der Waals surface area contributed by atoms with Crippen LogP contribution >= 0.6 is 0 Å². The number of rotatable bonds is 7. The van der Waals surface area contributed by atoms with E-state index in [2.05, 4.69) is 51.4 Å². The van der Waals surface area contributed by atoms with Crippen LogP contribution < -0.4 is 16.0 Å². The maximum atomic E-state index is 12.8. The Bertz CT molecular complexity index is 1190. The minimum atomic E-state index is 0.0848. The number of nitrogens with zero attached hydrogens (tertiary/aromatic N) is 1. The molecule has 1 aliphatic carbocycles. The lowest BCUT2D eigenvalue weighted by Crippen LogP contribution is -2.29. The first-order valence-electron chi connectivity index (χ1n) is 11.6. The fraction of sp³-hybridized carbons (Fsp3) is 0.296. The van der Waals surface area contributed by atoms with E-state index in [0.29, 0.717) is 18.2 Å². The average Bonchev–Trinajstić information content (AvgIpc) is 3.68. The first kappa shape index (κ1) is 21.3. The van der Waals surface area contributed by atoms with Crippen molar-refractivity contribution in [1.29, 1.82) is 5.53 Å². The molecule has 6 nitrogen and oxygen atoms in total. The summed E-state index contributed by atoms with van der Waals surface area (Å²) < 4.78 is 0. The number of carbonyl (C=O) groups excluding carboxylic acids is 1. The second-order valence-electron chi connectivity index (χ2n) is 8.83. The Hall–Kier alpha value is -3.51. The van der Waals surface area contributed by atoms with Crippen molar-refractivity contribution >= 4 is 17.3 Å². The van der Waals surface area contributed by atoms with Crippen molar-refractivity contribution in [3.8, 4) is 11.1 Å². The molecule has 0 radical (unpaired) electrons. The number of hydrogen-bond donors (Lipinski definition) is 4. The van der Waals surface area contributed by atoms with Crippen LogP contribution in [-0.4, -0.2) is 19.5 Å². The van der Waals surface area contributed by atoms with Gasteiger partial charge in [-0.05, 0) is 70.8 Å². The number of amides is 1. The Morgan fingerprint density at radius 1 is 1.12 bits per heavy atom. The standard InChI is InChI=1S/C27H29N5O/c1-29-26-13-18(8-10-25(26)32-28)20-9-7-19(24-16-30-12-11-21(20)24)15-31-27(33)23-14-22(23)17-5-3-2-4-6-17/h2-10,13,22-23,28-30H,11-12,14-16H2,1H3,(H,31,33)/t22-,23?/m0/s1. The first-order chi connectivity index (χ1) is 16.2. The molecule has 1 heterocycles. The van der Waals surface area contributed by atoms with E-state index < -0.39 is 0 Å². The number of carbonyl (C=O) groups is 1. The predicted octanol–water partition coefficient (Wildman–Crippen LogP) is 5.12. The second kappa shape index (κ2) is 9.16. The van der Waals surface area contributed by atoms with Crippen LogP contribution in [0.15, 0.2) is 65.8 Å². The zero-order chi connectivity index (χ0) is 22.8. The molecule has 5 rings (SSSR count). The highest BCUT2D eigenvalue weighted by Crippen LogP contribution is 2.47. The number of anilines is 1. The zero-order valence-electron chi connectivity index (χ0n) is 18.8. The van der Waals surface area contributed by atoms with Gasteiger partial charge in [0.1, 0.15) is 5.69 Å². The molecule has 0 aromatic heterocycles. The van der Waals surface area contributed by atoms with Crippen molar-refractivity contribution in [1.82, 2.24) is 10.6 Å². The lowest BCUT2D eigenvalue weighted by atomic mass is 9.88. The van der Waals surface area contributed by atoms with Gasteiger partial charge < -0.3 is 16.0 Å². The van der Waals surface area contributed by atoms with Crippen molar-refractivity contribution in [2.75, 3.05) is 18.9 Å². The zero-order valence-corrected chi connectivity index (χ0v) is 18.8. The van der Waals surface area contributed by atoms with Crippen LogP contribution in [-0.2, 0) is 24.3 Å². The molecule has 6 heteroatoms. The summed E-state index contributed by atoms with van der Waals surface area (Å²) in [6, 6.07) is 20.6. The predicted molar refractivity (Wildman–Crippen MR) is 131 cm³/mol. The van der Waals surface area contributed by atoms with Gasteiger partial charge in [0, 0.05) is 26.1 Å². The molecule has 0 bridgehead atoms. The summed E-state index contributed by atoms with van der Waals surface area (Å²) in [6.07, 6.45) is 1.88. The SMILES string of the molecule is CNc1cc(-c2ccc(CNC(=O)C3C[C@H]3c3ccccc3)c3c2CCNC3)ccc1N=N. The van der Waals surface area contributed by atoms with Gasteiger partial charge in [0.15, 0.2) is 0 Å². The molecule has 2 aliphatic rings. The van der Waals surface area contributed by atoms with Crippen LogP contribution in [0.4, 0.5) is 11.4 Å². The van der Waals surface area contributed by atoms with Crippen LogP contribution in [0.3, 0.4) is 0 Å². The third-order valence-corrected chi connectivity index (χ3v) is 6.89. The molecular weight excluding hydrogens is 410 g/mol. The fourth-order valence-electron chi connectivity index (χ4n) is 4.98. The number of benzene rings is 3. The highest BCUT2D eigenvalue weighted by Gasteiger charge is 2.43. The lowest BCUT2D eigenvalue weighted by molar-refractivity contribution is -0.122. The fourth-order valence-corrected chi connectivity index (χ4v) is 4.98. The van der Waals surface area contributed by atoms with Crippen molar-refractivity contribution in [2.24, 2.45) is 11.0 Å². The van der Waals surface area contributed by atoms with Crippen LogP contribution in [0.2, 0.25) is 0 Å². The van der Waals surface area contributed by atoms with E-state index >= 15 is 0 Å². The monoisotopic (exact) mass is 439 g/mol. The molecular formula is C27H29N5O. The largest absolute Gasteiger partial charge is 0.386 e. The van der Waals surface area contributed by atoms with Gasteiger partial charge in [0.05, 0.1) is 5.69 Å². The van der Waals surface area contributed by atoms with Gasteiger partial charge in [-0.3, -0.25) is 4.79 Å². The normalized spacial score (nSPS) is 18.8. The topological polar surface area (TPSA) is 89.4 Å². The maximum absolute atomic E-state index is 12.8. The van der Waals surface area contributed by atoms with Crippen LogP contribution in [0.5, 0.6) is 0 Å². The average molecular weight is 440 g/mol. The summed E-state index contributed by atoms with van der Waals surface area (Å²) in [4.78, 5) is 12.8. The Balaban J connectivity index is 1.35. The molecule has 3 aromatic carbocycles. The number of nitrogens with one attached hydrogen (secondary N) is 4. The maximum Gasteiger partial charge on any atom is 0.224 e. The molecule has 1 saturated carbocycles. The highest BCUT2D eigenvalue weighted by molar-refractivity contribution is 5.83. The van der Waals surface area contributed by atoms with Gasteiger partial charge in [-0.15, -0.1) is 0 Å². The van der Waals surface area contributed by atoms with E-state index in [1.807, 2.05) is 37.4 Å². The van der Waals surface area contributed by atoms with Crippen molar-refractivity contribution in [3.05, 3.63) is 82.9 Å². The second-order valence-corrected chi connectivity index (χ2v) is 8.83. The molecule has 2 atom stereocenters. The summed E-state index contributed by atoms with van der Waals surface area (Å²) in [5, 5.41) is 13.4. The smallest absolute Gasteiger partial charge is 0.224 e. The highest BCUT2D eigenvalue weighted by atomic mass is 16.2. The molecule has 168 valence electrons. The third-order valence-electron chi connectivity index (χ3n) is 6.89. The van der Waals surface area contributed by atoms with E-state index in [1.54, 1.807) is 0 Å². The number of fused-ring (bicyclic) bond motifs is 1. The van der Waals surface area contributed by atoms with Gasteiger partial charge in [0.25, 0.3) is 0 Å². The minimum absolute atomic E-state index is 0.0848. The third kappa shape index (κ3) is 4.26. The molecule has 0 saturated heterocycles. The van der Waals surface area contributed by atoms with Gasteiger partial charge >= 0.3 is 0 Å². The molecule has 3 aromatic rings. The van der Waals surface area contributed by atoms with E-state index in [9.17, 15) is 4.79 Å². The Labute approximate surface area is 194 Å². The van der Waals surface area contributed by atoms with Crippen LogP contribution in [0, 0.1) is 11.4 Å². The summed E-state index contributed by atoms with van der Waals surface area (Å²) in [5.74, 6) is 0.587. The van der Waals surface area contributed by atoms with Crippen molar-refractivity contribution in [2.45, 2.75) is 31.8 Å². The molecule has 1 fully saturated rings. The Morgan fingerprint density at radius 3 is 2.76 bits per heavy atom. The van der Waals surface area contributed by atoms with Crippen molar-refractivity contribution in [3.63, 3.8) is 0 Å². The van der Waals surface area contributed by atoms with Crippen LogP contribution in [0.25, 0.3) is 11.1 Å². The van der Waals surface area contributed by atoms with Crippen molar-refractivity contribution < 1.29 is 4.79 Å². The van der Waals surface area contributed by atoms with Crippen LogP contribution in [0.1, 0.15) is 34.6 Å². The quantitative estimate of drug-likeness (QED) is 0.385. The van der Waals surface area contributed by atoms with Gasteiger partial charge in [-0.1, -0.05) is 48.5 Å². The summed E-state index contributed by atoms with van der Waals surface area (Å²) in [5.41, 5.74) is 16.2. The van der Waals surface area contributed by atoms with Gasteiger partial charge in [0.2, 0.25) is 5.91 Å². The Morgan fingerprint density at radius 2 is 1.97 bits per heavy atom. The lowest BCUT2D eigenvalue weighted by Gasteiger charge is -2.24. The summed E-state index contributed by atoms with van der Waals surface area (Å²) in [6.45, 7) is 2.30. The minimum Gasteiger partial charge on any atom is -0.386 e. The summed E-state index contributed by atoms with van der Waals surface area (Å²) in [7, 11) is 1.85. The van der Waals surface area contributed by atoms with Gasteiger partial charge in [-0.2, -0.15) is 5.11 Å². The number of hydrogen-bond acceptors (Lipinski definition) is 5. The van der Waals surface area contributed by atoms with E-state index in [0.717, 1.165) is 37.2 Å². The molecule has 1 aliphatic heterocycles. The molecule has 4 N–H and O–H groups in total. The molecule has 33 heavy (non-hydrogen) atoms. The van der Waals surface area contributed by atoms with Gasteiger partial charge in [-0.25, -0.2) is 5.53 Å². The molecule has 1 unspecified atom stereocenters. The Kier molecular flexibility index (Phi) is 5.92. The van der Waals surface area contributed by atoms with E-state index in [-0.39, 0.29) is 11.8 Å². The van der Waals surface area contributed by atoms with E-state index in [4.69, 9.17) is 5.53 Å². The molecule has 0 spiro atoms. The van der Waals surface area contributed by atoms with E-state index in [1.165, 1.54) is 27.8 Å². The summed E-state index contributed by atoms with van der Waals surface area (Å²) >= 11 is 0. The molecule has 1 amide bonds.